The van der Waals surface area contributed by atoms with Crippen LogP contribution in [0.2, 0.25) is 0 Å². The number of nitrogens with one attached hydrogen (secondary N) is 1. The number of benzene rings is 1. The molecule has 0 fully saturated rings. The third kappa shape index (κ3) is 4.94. The number of halogens is 1. The van der Waals surface area contributed by atoms with Gasteiger partial charge in [0.1, 0.15) is 0 Å². The zero-order valence-corrected chi connectivity index (χ0v) is 8.81. The lowest BCUT2D eigenvalue weighted by Gasteiger charge is -2.07. The van der Waals surface area contributed by atoms with Crippen LogP contribution in [0.1, 0.15) is 0 Å². The molecule has 0 atom stereocenters. The molecule has 0 unspecified atom stereocenters. The minimum absolute atomic E-state index is 0.0439. The lowest BCUT2D eigenvalue weighted by Crippen LogP contribution is -2.32. The zero-order chi connectivity index (χ0) is 12.7. The first-order valence-corrected chi connectivity index (χ1v) is 4.66. The van der Waals surface area contributed by atoms with E-state index >= 15 is 0 Å². The standard InChI is InChI=1S/C10H11FN2O4/c11-7-3-1-2-4-8(7)16-6-10(15)13-17-5-9(12)14/h1-4H,5-6H2,(H2,12,14)(H,13,15). The van der Waals surface area contributed by atoms with Gasteiger partial charge in [-0.3, -0.25) is 14.4 Å². The molecule has 0 radical (unpaired) electrons. The van der Waals surface area contributed by atoms with Gasteiger partial charge in [0.2, 0.25) is 5.91 Å². The number of hydrogen-bond acceptors (Lipinski definition) is 4. The Morgan fingerprint density at radius 1 is 1.29 bits per heavy atom. The van der Waals surface area contributed by atoms with Crippen molar-refractivity contribution in [2.24, 2.45) is 5.73 Å². The molecule has 1 rings (SSSR count). The van der Waals surface area contributed by atoms with Crippen LogP contribution in [0.15, 0.2) is 24.3 Å². The van der Waals surface area contributed by atoms with E-state index in [2.05, 4.69) is 4.84 Å². The van der Waals surface area contributed by atoms with Crippen molar-refractivity contribution < 1.29 is 23.6 Å². The van der Waals surface area contributed by atoms with Crippen LogP contribution in [0.4, 0.5) is 4.39 Å². The Balaban J connectivity index is 2.29. The maximum Gasteiger partial charge on any atom is 0.281 e. The number of amides is 2. The van der Waals surface area contributed by atoms with Crippen LogP contribution in [0, 0.1) is 5.82 Å². The summed E-state index contributed by atoms with van der Waals surface area (Å²) < 4.78 is 17.9. The molecule has 17 heavy (non-hydrogen) atoms. The second kappa shape index (κ2) is 6.44. The fourth-order valence-electron chi connectivity index (χ4n) is 0.922. The van der Waals surface area contributed by atoms with E-state index in [9.17, 15) is 14.0 Å². The molecule has 0 saturated heterocycles. The molecule has 1 aromatic rings. The molecule has 0 aliphatic rings. The highest BCUT2D eigenvalue weighted by Crippen LogP contribution is 2.14. The molecule has 0 saturated carbocycles. The topological polar surface area (TPSA) is 90.7 Å². The number of nitrogens with two attached hydrogens (primary N) is 1. The molecule has 92 valence electrons. The van der Waals surface area contributed by atoms with Gasteiger partial charge in [0.25, 0.3) is 5.91 Å². The van der Waals surface area contributed by atoms with E-state index in [1.807, 2.05) is 5.48 Å². The van der Waals surface area contributed by atoms with Gasteiger partial charge in [0.15, 0.2) is 24.8 Å². The number of rotatable bonds is 6. The molecular formula is C10H11FN2O4. The average molecular weight is 242 g/mol. The summed E-state index contributed by atoms with van der Waals surface area (Å²) in [6, 6.07) is 5.65. The smallest absolute Gasteiger partial charge is 0.281 e. The van der Waals surface area contributed by atoms with Crippen LogP contribution in [0.25, 0.3) is 0 Å². The number of carbonyl (C=O) groups excluding carboxylic acids is 2. The fourth-order valence-corrected chi connectivity index (χ4v) is 0.922. The maximum atomic E-state index is 13.0. The Morgan fingerprint density at radius 2 is 2.00 bits per heavy atom. The Hall–Kier alpha value is -2.15. The summed E-state index contributed by atoms with van der Waals surface area (Å²) in [4.78, 5) is 25.8. The molecule has 0 heterocycles. The van der Waals surface area contributed by atoms with E-state index in [0.29, 0.717) is 0 Å². The van der Waals surface area contributed by atoms with E-state index in [1.54, 1.807) is 6.07 Å². The van der Waals surface area contributed by atoms with E-state index in [0.717, 1.165) is 0 Å². The first kappa shape index (κ1) is 12.9. The van der Waals surface area contributed by atoms with Crippen molar-refractivity contribution in [1.82, 2.24) is 5.48 Å². The Morgan fingerprint density at radius 3 is 2.65 bits per heavy atom. The molecule has 0 aliphatic heterocycles. The van der Waals surface area contributed by atoms with Crippen molar-refractivity contribution in [1.29, 1.82) is 0 Å². The summed E-state index contributed by atoms with van der Waals surface area (Å²) >= 11 is 0. The third-order valence-electron chi connectivity index (χ3n) is 1.60. The number of hydroxylamine groups is 1. The van der Waals surface area contributed by atoms with Crippen molar-refractivity contribution in [3.05, 3.63) is 30.1 Å². The molecule has 1 aromatic carbocycles. The lowest BCUT2D eigenvalue weighted by molar-refractivity contribution is -0.139. The van der Waals surface area contributed by atoms with Gasteiger partial charge in [0.05, 0.1) is 0 Å². The Kier molecular flexibility index (Phi) is 4.89. The van der Waals surface area contributed by atoms with E-state index in [-0.39, 0.29) is 5.75 Å². The summed E-state index contributed by atoms with van der Waals surface area (Å²) in [6.45, 7) is -0.870. The number of primary amides is 1. The lowest BCUT2D eigenvalue weighted by atomic mass is 10.3. The molecule has 7 heteroatoms. The number of hydrogen-bond donors (Lipinski definition) is 2. The summed E-state index contributed by atoms with van der Waals surface area (Å²) in [5.41, 5.74) is 6.68. The third-order valence-corrected chi connectivity index (χ3v) is 1.60. The first-order chi connectivity index (χ1) is 8.09. The molecule has 0 aliphatic carbocycles. The van der Waals surface area contributed by atoms with Gasteiger partial charge in [-0.1, -0.05) is 12.1 Å². The fraction of sp³-hybridized carbons (Fsp3) is 0.200. The minimum atomic E-state index is -0.722. The first-order valence-electron chi connectivity index (χ1n) is 4.66. The molecule has 2 amide bonds. The summed E-state index contributed by atoms with van der Waals surface area (Å²) in [6.07, 6.45) is 0. The largest absolute Gasteiger partial charge is 0.481 e. The van der Waals surface area contributed by atoms with E-state index < -0.39 is 30.8 Å². The monoisotopic (exact) mass is 242 g/mol. The molecule has 0 aromatic heterocycles. The Bertz CT molecular complexity index is 411. The van der Waals surface area contributed by atoms with E-state index in [1.165, 1.54) is 18.2 Å². The van der Waals surface area contributed by atoms with Crippen LogP contribution >= 0.6 is 0 Å². The van der Waals surface area contributed by atoms with Gasteiger partial charge in [-0.05, 0) is 12.1 Å². The van der Waals surface area contributed by atoms with Crippen molar-refractivity contribution >= 4 is 11.8 Å². The highest BCUT2D eigenvalue weighted by atomic mass is 19.1. The van der Waals surface area contributed by atoms with Crippen molar-refractivity contribution in [2.75, 3.05) is 13.2 Å². The number of ether oxygens (including phenoxy) is 1. The molecule has 3 N–H and O–H groups in total. The van der Waals surface area contributed by atoms with Crippen LogP contribution in [0.5, 0.6) is 5.75 Å². The SMILES string of the molecule is NC(=O)CONC(=O)COc1ccccc1F. The highest BCUT2D eigenvalue weighted by molar-refractivity contribution is 5.77. The highest BCUT2D eigenvalue weighted by Gasteiger charge is 2.06. The summed E-state index contributed by atoms with van der Waals surface area (Å²) in [7, 11) is 0. The second-order valence-corrected chi connectivity index (χ2v) is 3.00. The van der Waals surface area contributed by atoms with Crippen LogP contribution in [-0.4, -0.2) is 25.0 Å². The number of para-hydroxylation sites is 1. The summed E-state index contributed by atoms with van der Waals surface area (Å²) in [5, 5.41) is 0. The minimum Gasteiger partial charge on any atom is -0.481 e. The van der Waals surface area contributed by atoms with Gasteiger partial charge in [-0.2, -0.15) is 0 Å². The second-order valence-electron chi connectivity index (χ2n) is 3.00. The predicted molar refractivity (Wildman–Crippen MR) is 55.2 cm³/mol. The predicted octanol–water partition coefficient (Wildman–Crippen LogP) is -0.262. The molecule has 0 bridgehead atoms. The number of carbonyl (C=O) groups is 2. The van der Waals surface area contributed by atoms with Crippen molar-refractivity contribution in [3.63, 3.8) is 0 Å². The molecule has 6 nitrogen and oxygen atoms in total. The van der Waals surface area contributed by atoms with Gasteiger partial charge < -0.3 is 10.5 Å². The molecular weight excluding hydrogens is 231 g/mol. The van der Waals surface area contributed by atoms with Crippen LogP contribution in [-0.2, 0) is 14.4 Å². The van der Waals surface area contributed by atoms with Gasteiger partial charge in [-0.25, -0.2) is 9.87 Å². The maximum absolute atomic E-state index is 13.0. The van der Waals surface area contributed by atoms with Gasteiger partial charge in [0, 0.05) is 0 Å². The summed E-state index contributed by atoms with van der Waals surface area (Å²) in [5.74, 6) is -1.99. The normalized spacial score (nSPS) is 9.71. The van der Waals surface area contributed by atoms with E-state index in [4.69, 9.17) is 10.5 Å². The molecule has 0 spiro atoms. The zero-order valence-electron chi connectivity index (χ0n) is 8.81. The van der Waals surface area contributed by atoms with Gasteiger partial charge in [-0.15, -0.1) is 0 Å². The Labute approximate surface area is 96.5 Å². The van der Waals surface area contributed by atoms with Crippen LogP contribution in [0.3, 0.4) is 0 Å². The quantitative estimate of drug-likeness (QED) is 0.672. The van der Waals surface area contributed by atoms with Gasteiger partial charge >= 0.3 is 0 Å². The average Bonchev–Trinajstić information content (AvgIpc) is 2.27. The van der Waals surface area contributed by atoms with Crippen molar-refractivity contribution in [3.8, 4) is 5.75 Å². The van der Waals surface area contributed by atoms with Crippen LogP contribution < -0.4 is 16.0 Å². The van der Waals surface area contributed by atoms with Crippen molar-refractivity contribution in [2.45, 2.75) is 0 Å².